The molecule has 2 aromatic rings. The van der Waals surface area contributed by atoms with Crippen molar-refractivity contribution in [3.05, 3.63) is 41.8 Å². The third-order valence-corrected chi connectivity index (χ3v) is 3.85. The third-order valence-electron chi connectivity index (χ3n) is 2.48. The number of nitrogens with one attached hydrogen (secondary N) is 1. The van der Waals surface area contributed by atoms with E-state index in [1.807, 2.05) is 6.92 Å². The highest BCUT2D eigenvalue weighted by atomic mass is 32.2. The van der Waals surface area contributed by atoms with Crippen LogP contribution in [-0.2, 0) is 17.1 Å². The van der Waals surface area contributed by atoms with Crippen LogP contribution in [-0.4, -0.2) is 18.2 Å². The molecule has 0 aliphatic heterocycles. The van der Waals surface area contributed by atoms with Gasteiger partial charge in [-0.3, -0.25) is 9.40 Å². The molecule has 0 saturated carbocycles. The Morgan fingerprint density at radius 1 is 1.28 bits per heavy atom. The lowest BCUT2D eigenvalue weighted by Crippen LogP contribution is -2.13. The van der Waals surface area contributed by atoms with Crippen molar-refractivity contribution in [1.82, 2.24) is 9.78 Å². The lowest BCUT2D eigenvalue weighted by molar-refractivity contribution is 0.599. The maximum absolute atomic E-state index is 12.7. The van der Waals surface area contributed by atoms with Crippen LogP contribution in [0.2, 0.25) is 0 Å². The fraction of sp³-hybridized carbons (Fsp3) is 0.182. The lowest BCUT2D eigenvalue weighted by atomic mass is 10.4. The minimum Gasteiger partial charge on any atom is -0.271 e. The molecule has 0 unspecified atom stereocenters. The van der Waals surface area contributed by atoms with Gasteiger partial charge in [-0.2, -0.15) is 5.10 Å². The second-order valence-electron chi connectivity index (χ2n) is 3.85. The molecule has 0 aliphatic rings. The van der Waals surface area contributed by atoms with Crippen molar-refractivity contribution in [2.24, 2.45) is 7.05 Å². The van der Waals surface area contributed by atoms with E-state index in [4.69, 9.17) is 0 Å². The summed E-state index contributed by atoms with van der Waals surface area (Å²) in [5.41, 5.74) is 0.826. The maximum Gasteiger partial charge on any atom is 0.263 e. The van der Waals surface area contributed by atoms with Crippen molar-refractivity contribution in [1.29, 1.82) is 0 Å². The van der Waals surface area contributed by atoms with Crippen LogP contribution in [0.1, 0.15) is 5.69 Å². The lowest BCUT2D eigenvalue weighted by Gasteiger charge is -2.04. The van der Waals surface area contributed by atoms with Crippen LogP contribution in [0, 0.1) is 12.7 Å². The summed E-state index contributed by atoms with van der Waals surface area (Å²) < 4.78 is 40.5. The van der Waals surface area contributed by atoms with E-state index in [-0.39, 0.29) is 10.7 Å². The van der Waals surface area contributed by atoms with Crippen LogP contribution in [0.3, 0.4) is 0 Å². The highest BCUT2D eigenvalue weighted by Crippen LogP contribution is 2.15. The SMILES string of the molecule is Cc1cc(NS(=O)(=O)c2ccc(F)cc2)nn1C. The first-order valence-electron chi connectivity index (χ1n) is 5.17. The molecule has 1 N–H and O–H groups in total. The Kier molecular flexibility index (Phi) is 3.08. The Hall–Kier alpha value is -1.89. The first kappa shape index (κ1) is 12.6. The van der Waals surface area contributed by atoms with Crippen LogP contribution in [0.25, 0.3) is 0 Å². The van der Waals surface area contributed by atoms with Crippen LogP contribution in [0.5, 0.6) is 0 Å². The summed E-state index contributed by atoms with van der Waals surface area (Å²) in [7, 11) is -2.01. The number of nitrogens with zero attached hydrogens (tertiary/aromatic N) is 2. The predicted octanol–water partition coefficient (Wildman–Crippen LogP) is 1.67. The number of anilines is 1. The van der Waals surface area contributed by atoms with E-state index in [0.717, 1.165) is 17.8 Å². The molecule has 0 atom stereocenters. The highest BCUT2D eigenvalue weighted by Gasteiger charge is 2.15. The molecule has 1 heterocycles. The summed E-state index contributed by atoms with van der Waals surface area (Å²) >= 11 is 0. The molecule has 0 radical (unpaired) electrons. The van der Waals surface area contributed by atoms with Gasteiger partial charge in [-0.15, -0.1) is 0 Å². The van der Waals surface area contributed by atoms with Crippen molar-refractivity contribution in [2.45, 2.75) is 11.8 Å². The Balaban J connectivity index is 2.29. The molecule has 0 fully saturated rings. The van der Waals surface area contributed by atoms with Crippen molar-refractivity contribution < 1.29 is 12.8 Å². The number of rotatable bonds is 3. The highest BCUT2D eigenvalue weighted by molar-refractivity contribution is 7.92. The van der Waals surface area contributed by atoms with Gasteiger partial charge in [-0.1, -0.05) is 0 Å². The average Bonchev–Trinajstić information content (AvgIpc) is 2.57. The summed E-state index contributed by atoms with van der Waals surface area (Å²) in [6.07, 6.45) is 0. The van der Waals surface area contributed by atoms with Crippen LogP contribution >= 0.6 is 0 Å². The molecule has 0 aliphatic carbocycles. The number of aryl methyl sites for hydroxylation is 2. The van der Waals surface area contributed by atoms with E-state index in [0.29, 0.717) is 0 Å². The van der Waals surface area contributed by atoms with Crippen LogP contribution in [0.15, 0.2) is 35.2 Å². The number of halogens is 1. The number of sulfonamides is 1. The fourth-order valence-corrected chi connectivity index (χ4v) is 2.41. The standard InChI is InChI=1S/C11H12FN3O2S/c1-8-7-11(13-15(8)2)14-18(16,17)10-5-3-9(12)4-6-10/h3-7H,1-2H3,(H,13,14). The van der Waals surface area contributed by atoms with Crippen molar-refractivity contribution in [2.75, 3.05) is 4.72 Å². The van der Waals surface area contributed by atoms with Crippen molar-refractivity contribution >= 4 is 15.8 Å². The third kappa shape index (κ3) is 2.51. The fourth-order valence-electron chi connectivity index (χ4n) is 1.42. The number of benzene rings is 1. The average molecular weight is 269 g/mol. The van der Waals surface area contributed by atoms with E-state index in [1.165, 1.54) is 12.1 Å². The number of hydrogen-bond acceptors (Lipinski definition) is 3. The molecule has 1 aromatic heterocycles. The Bertz CT molecular complexity index is 643. The monoisotopic (exact) mass is 269 g/mol. The topological polar surface area (TPSA) is 64.0 Å². The van der Waals surface area contributed by atoms with E-state index < -0.39 is 15.8 Å². The molecule has 7 heteroatoms. The first-order valence-corrected chi connectivity index (χ1v) is 6.66. The normalized spacial score (nSPS) is 11.5. The summed E-state index contributed by atoms with van der Waals surface area (Å²) in [5.74, 6) is -0.248. The van der Waals surface area contributed by atoms with Crippen LogP contribution in [0.4, 0.5) is 10.2 Å². The zero-order valence-corrected chi connectivity index (χ0v) is 10.7. The second kappa shape index (κ2) is 4.41. The number of hydrogen-bond donors (Lipinski definition) is 1. The van der Waals surface area contributed by atoms with E-state index >= 15 is 0 Å². The van der Waals surface area contributed by atoms with Gasteiger partial charge in [0.05, 0.1) is 4.90 Å². The summed E-state index contributed by atoms with van der Waals surface area (Å²) in [5, 5.41) is 3.99. The molecular weight excluding hydrogens is 257 g/mol. The van der Waals surface area contributed by atoms with Gasteiger partial charge in [0.25, 0.3) is 10.0 Å². The predicted molar refractivity (Wildman–Crippen MR) is 65.2 cm³/mol. The minimum absolute atomic E-state index is 0.00722. The smallest absolute Gasteiger partial charge is 0.263 e. The van der Waals surface area contributed by atoms with E-state index in [1.54, 1.807) is 17.8 Å². The first-order chi connectivity index (χ1) is 8.38. The van der Waals surface area contributed by atoms with Gasteiger partial charge in [-0.05, 0) is 31.2 Å². The van der Waals surface area contributed by atoms with Gasteiger partial charge in [0.2, 0.25) is 0 Å². The molecule has 1 aromatic carbocycles. The maximum atomic E-state index is 12.7. The van der Waals surface area contributed by atoms with E-state index in [2.05, 4.69) is 9.82 Å². The number of aromatic nitrogens is 2. The second-order valence-corrected chi connectivity index (χ2v) is 5.54. The van der Waals surface area contributed by atoms with Gasteiger partial charge in [0.1, 0.15) is 5.82 Å². The Morgan fingerprint density at radius 3 is 2.39 bits per heavy atom. The summed E-state index contributed by atoms with van der Waals surface area (Å²) in [6.45, 7) is 1.81. The summed E-state index contributed by atoms with van der Waals surface area (Å²) in [6, 6.07) is 6.21. The van der Waals surface area contributed by atoms with Gasteiger partial charge < -0.3 is 0 Å². The quantitative estimate of drug-likeness (QED) is 0.921. The van der Waals surface area contributed by atoms with Crippen molar-refractivity contribution in [3.63, 3.8) is 0 Å². The van der Waals surface area contributed by atoms with Crippen molar-refractivity contribution in [3.8, 4) is 0 Å². The molecule has 96 valence electrons. The molecule has 2 rings (SSSR count). The Labute approximate surface area is 104 Å². The molecule has 0 amide bonds. The van der Waals surface area contributed by atoms with Gasteiger partial charge >= 0.3 is 0 Å². The molecule has 5 nitrogen and oxygen atoms in total. The van der Waals surface area contributed by atoms with Gasteiger partial charge in [-0.25, -0.2) is 12.8 Å². The van der Waals surface area contributed by atoms with Gasteiger partial charge in [0, 0.05) is 18.8 Å². The largest absolute Gasteiger partial charge is 0.271 e. The zero-order valence-electron chi connectivity index (χ0n) is 9.88. The molecule has 0 bridgehead atoms. The molecule has 18 heavy (non-hydrogen) atoms. The summed E-state index contributed by atoms with van der Waals surface area (Å²) in [4.78, 5) is -0.00722. The molecule has 0 spiro atoms. The Morgan fingerprint density at radius 2 is 1.89 bits per heavy atom. The minimum atomic E-state index is -3.73. The molecule has 0 saturated heterocycles. The zero-order chi connectivity index (χ0) is 13.3. The molecular formula is C11H12FN3O2S. The van der Waals surface area contributed by atoms with E-state index in [9.17, 15) is 12.8 Å². The van der Waals surface area contributed by atoms with Gasteiger partial charge in [0.15, 0.2) is 5.82 Å². The van der Waals surface area contributed by atoms with Crippen LogP contribution < -0.4 is 4.72 Å².